The first-order valence-electron chi connectivity index (χ1n) is 7.71. The first-order chi connectivity index (χ1) is 12.1. The molecule has 0 aliphatic heterocycles. The number of hydrogen-bond acceptors (Lipinski definition) is 2. The Kier molecular flexibility index (Phi) is 5.30. The Bertz CT molecular complexity index is 850. The molecule has 0 aliphatic rings. The molecule has 2 aromatic carbocycles. The van der Waals surface area contributed by atoms with Crippen molar-refractivity contribution in [2.45, 2.75) is 6.42 Å². The molecule has 2 N–H and O–H groups in total. The van der Waals surface area contributed by atoms with Gasteiger partial charge in [0.25, 0.3) is 0 Å². The number of hydrogen-bond donors (Lipinski definition) is 2. The summed E-state index contributed by atoms with van der Waals surface area (Å²) in [5, 5.41) is 9.66. The standard InChI is InChI=1S/C18H16ClFN4O/c19-16-12-14(20)4-7-17(16)23-18(25)21-10-8-13-2-5-15(6-3-13)24-11-1-9-22-24/h1-7,9,11-12H,8,10H2,(H2,21,23,25). The number of halogens is 2. The number of carbonyl (C=O) groups excluding carboxylic acids is 1. The fourth-order valence-corrected chi connectivity index (χ4v) is 2.53. The van der Waals surface area contributed by atoms with Gasteiger partial charge in [-0.15, -0.1) is 0 Å². The van der Waals surface area contributed by atoms with Crippen molar-refractivity contribution >= 4 is 23.3 Å². The van der Waals surface area contributed by atoms with Gasteiger partial charge in [-0.1, -0.05) is 23.7 Å². The third-order valence-corrected chi connectivity index (χ3v) is 3.90. The number of nitrogens with one attached hydrogen (secondary N) is 2. The van der Waals surface area contributed by atoms with Crippen molar-refractivity contribution in [2.75, 3.05) is 11.9 Å². The van der Waals surface area contributed by atoms with E-state index in [1.807, 2.05) is 36.5 Å². The van der Waals surface area contributed by atoms with Gasteiger partial charge < -0.3 is 10.6 Å². The smallest absolute Gasteiger partial charge is 0.319 e. The van der Waals surface area contributed by atoms with Crippen LogP contribution in [0.15, 0.2) is 60.9 Å². The Morgan fingerprint density at radius 3 is 2.68 bits per heavy atom. The lowest BCUT2D eigenvalue weighted by molar-refractivity contribution is 0.252. The molecule has 0 radical (unpaired) electrons. The summed E-state index contributed by atoms with van der Waals surface area (Å²) in [6.45, 7) is 0.464. The van der Waals surface area contributed by atoms with Crippen molar-refractivity contribution in [1.29, 1.82) is 0 Å². The summed E-state index contributed by atoms with van der Waals surface area (Å²) in [5.41, 5.74) is 2.44. The Morgan fingerprint density at radius 2 is 2.00 bits per heavy atom. The van der Waals surface area contributed by atoms with Crippen LogP contribution >= 0.6 is 11.6 Å². The SMILES string of the molecule is O=C(NCCc1ccc(-n2cccn2)cc1)Nc1ccc(F)cc1Cl. The molecule has 3 aromatic rings. The van der Waals surface area contributed by atoms with Crippen LogP contribution in [0.4, 0.5) is 14.9 Å². The maximum Gasteiger partial charge on any atom is 0.319 e. The van der Waals surface area contributed by atoms with Crippen molar-refractivity contribution in [1.82, 2.24) is 15.1 Å². The fraction of sp³-hybridized carbons (Fsp3) is 0.111. The van der Waals surface area contributed by atoms with E-state index in [2.05, 4.69) is 15.7 Å². The van der Waals surface area contributed by atoms with Crippen LogP contribution in [0.2, 0.25) is 5.02 Å². The molecule has 0 spiro atoms. The monoisotopic (exact) mass is 358 g/mol. The zero-order chi connectivity index (χ0) is 17.6. The first kappa shape index (κ1) is 17.0. The topological polar surface area (TPSA) is 59.0 Å². The zero-order valence-electron chi connectivity index (χ0n) is 13.2. The Labute approximate surface area is 149 Å². The highest BCUT2D eigenvalue weighted by Crippen LogP contribution is 2.22. The summed E-state index contributed by atoms with van der Waals surface area (Å²) in [7, 11) is 0. The minimum Gasteiger partial charge on any atom is -0.338 e. The second kappa shape index (κ2) is 7.81. The lowest BCUT2D eigenvalue weighted by Gasteiger charge is -2.09. The molecule has 0 saturated heterocycles. The summed E-state index contributed by atoms with van der Waals surface area (Å²) < 4.78 is 14.8. The van der Waals surface area contributed by atoms with Crippen LogP contribution in [0.25, 0.3) is 5.69 Å². The molecular formula is C18H16ClFN4O. The van der Waals surface area contributed by atoms with Crippen molar-refractivity contribution < 1.29 is 9.18 Å². The van der Waals surface area contributed by atoms with Crippen molar-refractivity contribution in [3.05, 3.63) is 77.3 Å². The molecule has 1 heterocycles. The van der Waals surface area contributed by atoms with E-state index in [9.17, 15) is 9.18 Å². The molecule has 2 amide bonds. The van der Waals surface area contributed by atoms with Crippen molar-refractivity contribution in [2.24, 2.45) is 0 Å². The number of nitrogens with zero attached hydrogens (tertiary/aromatic N) is 2. The predicted molar refractivity (Wildman–Crippen MR) is 95.7 cm³/mol. The van der Waals surface area contributed by atoms with Crippen LogP contribution in [0.1, 0.15) is 5.56 Å². The molecule has 0 fully saturated rings. The van der Waals surface area contributed by atoms with Crippen LogP contribution in [0.5, 0.6) is 0 Å². The highest BCUT2D eigenvalue weighted by Gasteiger charge is 2.06. The van der Waals surface area contributed by atoms with E-state index in [0.717, 1.165) is 17.3 Å². The van der Waals surface area contributed by atoms with E-state index in [1.54, 1.807) is 10.9 Å². The van der Waals surface area contributed by atoms with Crippen molar-refractivity contribution in [3.63, 3.8) is 0 Å². The quantitative estimate of drug-likeness (QED) is 0.723. The molecule has 0 aliphatic carbocycles. The van der Waals surface area contributed by atoms with Gasteiger partial charge in [0, 0.05) is 18.9 Å². The molecule has 128 valence electrons. The van der Waals surface area contributed by atoms with E-state index in [-0.39, 0.29) is 11.1 Å². The number of urea groups is 1. The van der Waals surface area contributed by atoms with Gasteiger partial charge >= 0.3 is 6.03 Å². The number of rotatable bonds is 5. The lowest BCUT2D eigenvalue weighted by atomic mass is 10.1. The molecule has 0 atom stereocenters. The lowest BCUT2D eigenvalue weighted by Crippen LogP contribution is -2.30. The Hall–Kier alpha value is -2.86. The van der Waals surface area contributed by atoms with E-state index >= 15 is 0 Å². The van der Waals surface area contributed by atoms with Crippen molar-refractivity contribution in [3.8, 4) is 5.69 Å². The number of anilines is 1. The second-order valence-corrected chi connectivity index (χ2v) is 5.78. The highest BCUT2D eigenvalue weighted by atomic mass is 35.5. The molecular weight excluding hydrogens is 343 g/mol. The third kappa shape index (κ3) is 4.58. The van der Waals surface area contributed by atoms with Crippen LogP contribution in [-0.2, 0) is 6.42 Å². The number of amides is 2. The summed E-state index contributed by atoms with van der Waals surface area (Å²) in [6, 6.07) is 13.2. The Morgan fingerprint density at radius 1 is 1.20 bits per heavy atom. The number of benzene rings is 2. The van der Waals surface area contributed by atoms with Crippen LogP contribution in [0, 0.1) is 5.82 Å². The van der Waals surface area contributed by atoms with Gasteiger partial charge in [0.2, 0.25) is 0 Å². The van der Waals surface area contributed by atoms with Gasteiger partial charge in [-0.3, -0.25) is 0 Å². The molecule has 0 saturated carbocycles. The van der Waals surface area contributed by atoms with E-state index in [0.29, 0.717) is 18.7 Å². The van der Waals surface area contributed by atoms with Crippen LogP contribution in [-0.4, -0.2) is 22.4 Å². The fourth-order valence-electron chi connectivity index (χ4n) is 2.31. The van der Waals surface area contributed by atoms with Gasteiger partial charge in [0.1, 0.15) is 5.82 Å². The van der Waals surface area contributed by atoms with Gasteiger partial charge in [-0.2, -0.15) is 5.10 Å². The molecule has 3 rings (SSSR count). The van der Waals surface area contributed by atoms with Gasteiger partial charge in [-0.05, 0) is 48.4 Å². The molecule has 5 nitrogen and oxygen atoms in total. The zero-order valence-corrected chi connectivity index (χ0v) is 14.0. The molecule has 25 heavy (non-hydrogen) atoms. The van der Waals surface area contributed by atoms with E-state index in [1.165, 1.54) is 12.1 Å². The molecule has 0 bridgehead atoms. The van der Waals surface area contributed by atoms with Crippen LogP contribution < -0.4 is 10.6 Å². The maximum atomic E-state index is 13.0. The minimum absolute atomic E-state index is 0.157. The summed E-state index contributed by atoms with van der Waals surface area (Å²) >= 11 is 5.87. The van der Waals surface area contributed by atoms with Gasteiger partial charge in [-0.25, -0.2) is 13.9 Å². The van der Waals surface area contributed by atoms with Gasteiger partial charge in [0.15, 0.2) is 0 Å². The summed E-state index contributed by atoms with van der Waals surface area (Å²) in [5.74, 6) is -0.450. The number of carbonyl (C=O) groups is 1. The van der Waals surface area contributed by atoms with Crippen LogP contribution in [0.3, 0.4) is 0 Å². The average Bonchev–Trinajstić information content (AvgIpc) is 3.13. The second-order valence-electron chi connectivity index (χ2n) is 5.37. The minimum atomic E-state index is -0.450. The van der Waals surface area contributed by atoms with E-state index < -0.39 is 5.82 Å². The van der Waals surface area contributed by atoms with E-state index in [4.69, 9.17) is 11.6 Å². The largest absolute Gasteiger partial charge is 0.338 e. The highest BCUT2D eigenvalue weighted by molar-refractivity contribution is 6.33. The number of aromatic nitrogens is 2. The third-order valence-electron chi connectivity index (χ3n) is 3.58. The maximum absolute atomic E-state index is 13.0. The predicted octanol–water partition coefficient (Wildman–Crippen LogP) is 4.03. The average molecular weight is 359 g/mol. The molecule has 1 aromatic heterocycles. The Balaban J connectivity index is 1.48. The molecule has 7 heteroatoms. The summed E-state index contributed by atoms with van der Waals surface area (Å²) in [4.78, 5) is 11.9. The summed E-state index contributed by atoms with van der Waals surface area (Å²) in [6.07, 6.45) is 4.29. The normalized spacial score (nSPS) is 10.5. The first-order valence-corrected chi connectivity index (χ1v) is 8.08. The van der Waals surface area contributed by atoms with Gasteiger partial charge in [0.05, 0.1) is 16.4 Å². The molecule has 0 unspecified atom stereocenters.